The Morgan fingerprint density at radius 3 is 2.13 bits per heavy atom. The van der Waals surface area contributed by atoms with Gasteiger partial charge in [0.2, 0.25) is 5.82 Å². The summed E-state index contributed by atoms with van der Waals surface area (Å²) in [7, 11) is 3.33. The van der Waals surface area contributed by atoms with Crippen molar-refractivity contribution in [1.29, 1.82) is 0 Å². The quantitative estimate of drug-likeness (QED) is 0.513. The van der Waals surface area contributed by atoms with Gasteiger partial charge in [-0.1, -0.05) is 55.5 Å². The Morgan fingerprint density at radius 1 is 0.867 bits per heavy atom. The zero-order chi connectivity index (χ0) is 21.1. The van der Waals surface area contributed by atoms with E-state index in [9.17, 15) is 0 Å². The molecule has 0 aliphatic rings. The molecule has 0 unspecified atom stereocenters. The summed E-state index contributed by atoms with van der Waals surface area (Å²) in [6, 6.07) is 16.3. The lowest BCUT2D eigenvalue weighted by Gasteiger charge is -2.18. The van der Waals surface area contributed by atoms with Gasteiger partial charge in [-0.3, -0.25) is 4.98 Å². The molecule has 1 N–H and O–H groups in total. The number of aromatic nitrogens is 5. The molecule has 2 aromatic heterocycles. The molecule has 0 radical (unpaired) electrons. The summed E-state index contributed by atoms with van der Waals surface area (Å²) in [5.74, 6) is 2.04. The third-order valence-electron chi connectivity index (χ3n) is 5.09. The lowest BCUT2D eigenvalue weighted by Crippen LogP contribution is -2.03. The van der Waals surface area contributed by atoms with Gasteiger partial charge < -0.3 is 9.47 Å². The van der Waals surface area contributed by atoms with E-state index in [-0.39, 0.29) is 0 Å². The van der Waals surface area contributed by atoms with Crippen LogP contribution in [0.25, 0.3) is 33.6 Å². The van der Waals surface area contributed by atoms with E-state index >= 15 is 0 Å². The van der Waals surface area contributed by atoms with E-state index in [0.717, 1.165) is 57.1 Å². The predicted octanol–water partition coefficient (Wildman–Crippen LogP) is 4.48. The second kappa shape index (κ2) is 8.32. The highest BCUT2D eigenvalue weighted by Gasteiger charge is 2.20. The Labute approximate surface area is 175 Å². The lowest BCUT2D eigenvalue weighted by molar-refractivity contribution is 0.387. The van der Waals surface area contributed by atoms with E-state index in [1.54, 1.807) is 14.2 Å². The molecule has 7 nitrogen and oxygen atoms in total. The molecule has 0 saturated heterocycles. The Morgan fingerprint density at radius 2 is 1.53 bits per heavy atom. The van der Waals surface area contributed by atoms with Crippen LogP contribution in [0.15, 0.2) is 48.5 Å². The Kier molecular flexibility index (Phi) is 5.43. The van der Waals surface area contributed by atoms with E-state index < -0.39 is 0 Å². The van der Waals surface area contributed by atoms with Gasteiger partial charge in [0, 0.05) is 5.56 Å². The van der Waals surface area contributed by atoms with Crippen LogP contribution in [-0.4, -0.2) is 39.8 Å². The maximum Gasteiger partial charge on any atom is 0.205 e. The van der Waals surface area contributed by atoms with Crippen LogP contribution in [0.3, 0.4) is 0 Å². The zero-order valence-electron chi connectivity index (χ0n) is 17.4. The summed E-state index contributed by atoms with van der Waals surface area (Å²) >= 11 is 0. The van der Waals surface area contributed by atoms with Crippen molar-refractivity contribution in [2.75, 3.05) is 14.2 Å². The first kappa shape index (κ1) is 19.6. The molecule has 0 saturated carbocycles. The Hall–Kier alpha value is -3.74. The lowest BCUT2D eigenvalue weighted by atomic mass is 9.95. The third kappa shape index (κ3) is 3.39. The number of methoxy groups -OCH3 is 2. The van der Waals surface area contributed by atoms with Crippen molar-refractivity contribution in [3.63, 3.8) is 0 Å². The monoisotopic (exact) mass is 401 g/mol. The van der Waals surface area contributed by atoms with Crippen molar-refractivity contribution in [2.24, 2.45) is 0 Å². The summed E-state index contributed by atoms with van der Waals surface area (Å²) in [6.07, 6.45) is 0.775. The molecule has 0 fully saturated rings. The SMILES string of the molecule is CCc1nc(C)c(OC)c(-c2ccc(-c3ccccc3-c3nn[nH]n3)cc2)c1OC. The van der Waals surface area contributed by atoms with E-state index in [1.165, 1.54) is 0 Å². The van der Waals surface area contributed by atoms with Gasteiger partial charge in [-0.2, -0.15) is 5.21 Å². The predicted molar refractivity (Wildman–Crippen MR) is 115 cm³/mol. The first-order valence-corrected chi connectivity index (χ1v) is 9.73. The maximum atomic E-state index is 5.73. The summed E-state index contributed by atoms with van der Waals surface area (Å²) in [5, 5.41) is 14.4. The molecule has 152 valence electrons. The number of pyridine rings is 1. The molecule has 30 heavy (non-hydrogen) atoms. The Bertz CT molecular complexity index is 1160. The minimum atomic E-state index is 0.565. The van der Waals surface area contributed by atoms with Crippen molar-refractivity contribution in [1.82, 2.24) is 25.6 Å². The van der Waals surface area contributed by atoms with Crippen LogP contribution in [0.2, 0.25) is 0 Å². The van der Waals surface area contributed by atoms with Crippen LogP contribution in [0.4, 0.5) is 0 Å². The average Bonchev–Trinajstić information content (AvgIpc) is 3.33. The highest BCUT2D eigenvalue weighted by molar-refractivity contribution is 5.84. The van der Waals surface area contributed by atoms with Crippen molar-refractivity contribution in [2.45, 2.75) is 20.3 Å². The van der Waals surface area contributed by atoms with E-state index in [4.69, 9.17) is 9.47 Å². The number of tetrazole rings is 1. The molecule has 2 heterocycles. The molecule has 0 aliphatic carbocycles. The van der Waals surface area contributed by atoms with E-state index in [0.29, 0.717) is 5.82 Å². The minimum Gasteiger partial charge on any atom is -0.494 e. The standard InChI is InChI=1S/C23H23N5O2/c1-5-19-22(30-4)20(21(29-3)14(2)24-19)16-12-10-15(11-13-16)17-8-6-7-9-18(17)23-25-27-28-26-23/h6-13H,5H2,1-4H3,(H,25,26,27,28). The molecule has 0 spiro atoms. The number of rotatable bonds is 6. The molecule has 2 aromatic carbocycles. The van der Waals surface area contributed by atoms with Crippen LogP contribution >= 0.6 is 0 Å². The van der Waals surface area contributed by atoms with Crippen molar-refractivity contribution in [3.05, 3.63) is 59.9 Å². The van der Waals surface area contributed by atoms with Crippen molar-refractivity contribution >= 4 is 0 Å². The molecule has 7 heteroatoms. The number of H-pyrrole nitrogens is 1. The molecule has 4 aromatic rings. The van der Waals surface area contributed by atoms with Crippen molar-refractivity contribution in [3.8, 4) is 45.1 Å². The van der Waals surface area contributed by atoms with Crippen LogP contribution in [-0.2, 0) is 6.42 Å². The Balaban J connectivity index is 1.83. The fraction of sp³-hybridized carbons (Fsp3) is 0.217. The van der Waals surface area contributed by atoms with Gasteiger partial charge in [0.25, 0.3) is 0 Å². The number of nitrogens with one attached hydrogen (secondary N) is 1. The number of benzene rings is 2. The van der Waals surface area contributed by atoms with E-state index in [2.05, 4.69) is 56.8 Å². The first-order chi connectivity index (χ1) is 14.7. The zero-order valence-corrected chi connectivity index (χ0v) is 17.4. The summed E-state index contributed by atoms with van der Waals surface area (Å²) in [5.41, 5.74) is 6.69. The number of aromatic amines is 1. The molecule has 0 atom stereocenters. The van der Waals surface area contributed by atoms with Gasteiger partial charge in [-0.15, -0.1) is 10.2 Å². The molecule has 0 bridgehead atoms. The van der Waals surface area contributed by atoms with Gasteiger partial charge in [0.15, 0.2) is 11.5 Å². The van der Waals surface area contributed by atoms with Crippen LogP contribution in [0.1, 0.15) is 18.3 Å². The number of hydrogen-bond donors (Lipinski definition) is 1. The average molecular weight is 401 g/mol. The number of nitrogens with zero attached hydrogens (tertiary/aromatic N) is 4. The van der Waals surface area contributed by atoms with Crippen LogP contribution < -0.4 is 9.47 Å². The minimum absolute atomic E-state index is 0.565. The molecule has 4 rings (SSSR count). The largest absolute Gasteiger partial charge is 0.494 e. The highest BCUT2D eigenvalue weighted by Crippen LogP contribution is 2.42. The summed E-state index contributed by atoms with van der Waals surface area (Å²) in [6.45, 7) is 4.02. The number of ether oxygens (including phenoxy) is 2. The highest BCUT2D eigenvalue weighted by atomic mass is 16.5. The number of aryl methyl sites for hydroxylation is 2. The van der Waals surface area contributed by atoms with Crippen LogP contribution in [0, 0.1) is 6.92 Å². The van der Waals surface area contributed by atoms with Gasteiger partial charge in [-0.25, -0.2) is 0 Å². The fourth-order valence-corrected chi connectivity index (χ4v) is 3.73. The first-order valence-electron chi connectivity index (χ1n) is 9.73. The molecule has 0 aliphatic heterocycles. The van der Waals surface area contributed by atoms with Gasteiger partial charge in [-0.05, 0) is 35.2 Å². The third-order valence-corrected chi connectivity index (χ3v) is 5.09. The normalized spacial score (nSPS) is 10.8. The number of hydrogen-bond acceptors (Lipinski definition) is 6. The van der Waals surface area contributed by atoms with Crippen LogP contribution in [0.5, 0.6) is 11.5 Å². The fourth-order valence-electron chi connectivity index (χ4n) is 3.73. The second-order valence-electron chi connectivity index (χ2n) is 6.80. The molecular weight excluding hydrogens is 378 g/mol. The summed E-state index contributed by atoms with van der Waals surface area (Å²) in [4.78, 5) is 4.65. The van der Waals surface area contributed by atoms with E-state index in [1.807, 2.05) is 31.2 Å². The van der Waals surface area contributed by atoms with Gasteiger partial charge in [0.1, 0.15) is 0 Å². The van der Waals surface area contributed by atoms with Gasteiger partial charge in [0.05, 0.1) is 31.2 Å². The topological polar surface area (TPSA) is 85.8 Å². The summed E-state index contributed by atoms with van der Waals surface area (Å²) < 4.78 is 11.4. The maximum absolute atomic E-state index is 5.73. The molecular formula is C23H23N5O2. The van der Waals surface area contributed by atoms with Gasteiger partial charge >= 0.3 is 0 Å². The smallest absolute Gasteiger partial charge is 0.205 e. The van der Waals surface area contributed by atoms with Crippen molar-refractivity contribution < 1.29 is 9.47 Å². The molecule has 0 amide bonds. The second-order valence-corrected chi connectivity index (χ2v) is 6.80.